The van der Waals surface area contributed by atoms with E-state index in [9.17, 15) is 5.11 Å². The van der Waals surface area contributed by atoms with Gasteiger partial charge in [0.15, 0.2) is 0 Å². The summed E-state index contributed by atoms with van der Waals surface area (Å²) in [6.45, 7) is 4.23. The lowest BCUT2D eigenvalue weighted by Crippen LogP contribution is -2.46. The number of ether oxygens (including phenoxy) is 1. The highest BCUT2D eigenvalue weighted by Crippen LogP contribution is 2.22. The largest absolute Gasteiger partial charge is 0.390 e. The van der Waals surface area contributed by atoms with E-state index in [1.165, 1.54) is 0 Å². The Morgan fingerprint density at radius 1 is 1.56 bits per heavy atom. The lowest BCUT2D eigenvalue weighted by molar-refractivity contribution is -0.0823. The molecule has 1 aromatic heterocycles. The van der Waals surface area contributed by atoms with Gasteiger partial charge in [0.05, 0.1) is 24.5 Å². The Kier molecular flexibility index (Phi) is 4.27. The predicted molar refractivity (Wildman–Crippen MR) is 69.9 cm³/mol. The highest BCUT2D eigenvalue weighted by molar-refractivity contribution is 6.30. The third-order valence-electron chi connectivity index (χ3n) is 3.41. The number of likely N-dealkylation sites (N-methyl/N-ethyl adjacent to an activating group) is 1. The molecule has 0 aromatic carbocycles. The molecule has 0 radical (unpaired) electrons. The molecule has 6 heteroatoms. The van der Waals surface area contributed by atoms with Gasteiger partial charge in [0.2, 0.25) is 0 Å². The molecular weight excluding hydrogens is 254 g/mol. The van der Waals surface area contributed by atoms with Gasteiger partial charge < -0.3 is 14.7 Å². The normalized spacial score (nSPS) is 23.3. The van der Waals surface area contributed by atoms with Gasteiger partial charge in [-0.05, 0) is 14.0 Å². The van der Waals surface area contributed by atoms with E-state index in [1.807, 2.05) is 14.0 Å². The fourth-order valence-corrected chi connectivity index (χ4v) is 2.54. The average Bonchev–Trinajstić information content (AvgIpc) is 2.56. The Labute approximate surface area is 112 Å². The molecule has 0 saturated carbocycles. The molecule has 2 atom stereocenters. The second-order valence-corrected chi connectivity index (χ2v) is 5.28. The summed E-state index contributed by atoms with van der Waals surface area (Å²) < 4.78 is 7.24. The lowest BCUT2D eigenvalue weighted by Gasteiger charge is -2.32. The van der Waals surface area contributed by atoms with Crippen LogP contribution in [-0.2, 0) is 18.2 Å². The van der Waals surface area contributed by atoms with E-state index in [0.29, 0.717) is 18.2 Å². The van der Waals surface area contributed by atoms with E-state index < -0.39 is 6.10 Å². The maximum Gasteiger partial charge on any atom is 0.130 e. The zero-order valence-electron chi connectivity index (χ0n) is 11.1. The van der Waals surface area contributed by atoms with Crippen molar-refractivity contribution < 1.29 is 9.84 Å². The van der Waals surface area contributed by atoms with Gasteiger partial charge in [-0.3, -0.25) is 4.68 Å². The van der Waals surface area contributed by atoms with Crippen LogP contribution in [0.5, 0.6) is 0 Å². The number of aliphatic hydroxyl groups is 1. The molecule has 0 spiro atoms. The maximum absolute atomic E-state index is 10.3. The van der Waals surface area contributed by atoms with Crippen molar-refractivity contribution in [2.24, 2.45) is 7.05 Å². The van der Waals surface area contributed by atoms with Gasteiger partial charge in [0.1, 0.15) is 5.15 Å². The molecule has 0 amide bonds. The van der Waals surface area contributed by atoms with Crippen molar-refractivity contribution >= 4 is 11.6 Å². The predicted octanol–water partition coefficient (Wildman–Crippen LogP) is 0.616. The van der Waals surface area contributed by atoms with E-state index in [4.69, 9.17) is 16.3 Å². The van der Waals surface area contributed by atoms with Gasteiger partial charge in [-0.2, -0.15) is 5.10 Å². The average molecular weight is 274 g/mol. The number of hydrogen-bond donors (Lipinski definition) is 1. The highest BCUT2D eigenvalue weighted by atomic mass is 35.5. The van der Waals surface area contributed by atoms with E-state index in [1.54, 1.807) is 11.7 Å². The summed E-state index contributed by atoms with van der Waals surface area (Å²) in [6, 6.07) is 0. The summed E-state index contributed by atoms with van der Waals surface area (Å²) in [5, 5.41) is 15.1. The second-order valence-electron chi connectivity index (χ2n) is 4.92. The Balaban J connectivity index is 2.04. The van der Waals surface area contributed by atoms with Gasteiger partial charge in [-0.25, -0.2) is 0 Å². The number of aryl methyl sites for hydroxylation is 2. The zero-order valence-corrected chi connectivity index (χ0v) is 11.8. The molecule has 2 unspecified atom stereocenters. The van der Waals surface area contributed by atoms with Gasteiger partial charge in [-0.1, -0.05) is 11.6 Å². The zero-order chi connectivity index (χ0) is 13.3. The van der Waals surface area contributed by atoms with Crippen LogP contribution in [0.15, 0.2) is 0 Å². The van der Waals surface area contributed by atoms with E-state index in [2.05, 4.69) is 10.00 Å². The van der Waals surface area contributed by atoms with Crippen LogP contribution in [0, 0.1) is 6.92 Å². The van der Waals surface area contributed by atoms with Gasteiger partial charge >= 0.3 is 0 Å². The summed E-state index contributed by atoms with van der Waals surface area (Å²) in [5.41, 5.74) is 1.77. The number of hydrogen-bond acceptors (Lipinski definition) is 4. The lowest BCUT2D eigenvalue weighted by atomic mass is 10.0. The topological polar surface area (TPSA) is 50.5 Å². The fourth-order valence-electron chi connectivity index (χ4n) is 2.29. The molecule has 102 valence electrons. The number of morpholine rings is 1. The second kappa shape index (κ2) is 5.57. The summed E-state index contributed by atoms with van der Waals surface area (Å²) in [5.74, 6) is 0. The molecule has 1 N–H and O–H groups in total. The summed E-state index contributed by atoms with van der Waals surface area (Å²) in [4.78, 5) is 2.16. The molecule has 1 saturated heterocycles. The number of aliphatic hydroxyl groups excluding tert-OH is 1. The quantitative estimate of drug-likeness (QED) is 0.877. The number of nitrogens with zero attached hydrogens (tertiary/aromatic N) is 3. The summed E-state index contributed by atoms with van der Waals surface area (Å²) in [6.07, 6.45) is -0.218. The molecule has 0 aliphatic carbocycles. The first-order valence-corrected chi connectivity index (χ1v) is 6.53. The van der Waals surface area contributed by atoms with Gasteiger partial charge in [0, 0.05) is 32.1 Å². The molecule has 1 fully saturated rings. The third-order valence-corrected chi connectivity index (χ3v) is 3.88. The smallest absolute Gasteiger partial charge is 0.130 e. The minimum Gasteiger partial charge on any atom is -0.390 e. The Morgan fingerprint density at radius 2 is 2.28 bits per heavy atom. The van der Waals surface area contributed by atoms with Crippen LogP contribution in [0.1, 0.15) is 11.3 Å². The van der Waals surface area contributed by atoms with Crippen LogP contribution in [-0.4, -0.2) is 58.7 Å². The molecule has 2 heterocycles. The first-order valence-electron chi connectivity index (χ1n) is 6.15. The van der Waals surface area contributed by atoms with Crippen LogP contribution >= 0.6 is 11.6 Å². The van der Waals surface area contributed by atoms with E-state index in [0.717, 1.165) is 24.3 Å². The molecule has 1 aliphatic heterocycles. The Hall–Kier alpha value is -0.620. The SMILES string of the molecule is Cc1nn(C)c(Cl)c1CC(O)C1CN(C)CCO1. The standard InChI is InChI=1S/C12H20ClN3O2/c1-8-9(12(13)16(3)14-8)6-10(17)11-7-15(2)4-5-18-11/h10-11,17H,4-7H2,1-3H3. The van der Waals surface area contributed by atoms with Gasteiger partial charge in [-0.15, -0.1) is 0 Å². The minimum atomic E-state index is -0.548. The number of halogens is 1. The molecule has 5 nitrogen and oxygen atoms in total. The van der Waals surface area contributed by atoms with Crippen molar-refractivity contribution in [2.45, 2.75) is 25.6 Å². The highest BCUT2D eigenvalue weighted by Gasteiger charge is 2.27. The summed E-state index contributed by atoms with van der Waals surface area (Å²) in [7, 11) is 3.83. The Morgan fingerprint density at radius 3 is 2.83 bits per heavy atom. The van der Waals surface area contributed by atoms with Crippen molar-refractivity contribution in [2.75, 3.05) is 26.7 Å². The minimum absolute atomic E-state index is 0.153. The molecule has 1 aromatic rings. The first kappa shape index (κ1) is 13.8. The fraction of sp³-hybridized carbons (Fsp3) is 0.750. The van der Waals surface area contributed by atoms with Crippen molar-refractivity contribution in [3.8, 4) is 0 Å². The van der Waals surface area contributed by atoms with Crippen LogP contribution in [0.25, 0.3) is 0 Å². The third kappa shape index (κ3) is 2.85. The van der Waals surface area contributed by atoms with E-state index >= 15 is 0 Å². The molecule has 2 rings (SSSR count). The number of rotatable bonds is 3. The molecule has 0 bridgehead atoms. The van der Waals surface area contributed by atoms with Gasteiger partial charge in [0.25, 0.3) is 0 Å². The van der Waals surface area contributed by atoms with Crippen molar-refractivity contribution in [3.05, 3.63) is 16.4 Å². The Bertz CT molecular complexity index is 422. The van der Waals surface area contributed by atoms with Crippen LogP contribution in [0.3, 0.4) is 0 Å². The first-order chi connectivity index (χ1) is 8.49. The van der Waals surface area contributed by atoms with Crippen molar-refractivity contribution in [1.29, 1.82) is 0 Å². The molecule has 18 heavy (non-hydrogen) atoms. The van der Waals surface area contributed by atoms with Crippen molar-refractivity contribution in [3.63, 3.8) is 0 Å². The van der Waals surface area contributed by atoms with Crippen molar-refractivity contribution in [1.82, 2.24) is 14.7 Å². The monoisotopic (exact) mass is 273 g/mol. The van der Waals surface area contributed by atoms with Crippen LogP contribution in [0.4, 0.5) is 0 Å². The van der Waals surface area contributed by atoms with Crippen LogP contribution in [0.2, 0.25) is 5.15 Å². The van der Waals surface area contributed by atoms with Crippen LogP contribution < -0.4 is 0 Å². The number of aromatic nitrogens is 2. The maximum atomic E-state index is 10.3. The van der Waals surface area contributed by atoms with E-state index in [-0.39, 0.29) is 6.10 Å². The molecular formula is C12H20ClN3O2. The summed E-state index contributed by atoms with van der Waals surface area (Å²) >= 11 is 6.16. The molecule has 1 aliphatic rings.